The molecule has 0 saturated heterocycles. The molecule has 0 N–H and O–H groups in total. The number of hydrogen-bond donors (Lipinski definition) is 0. The first kappa shape index (κ1) is 8.94. The summed E-state index contributed by atoms with van der Waals surface area (Å²) in [5, 5.41) is 0. The summed E-state index contributed by atoms with van der Waals surface area (Å²) in [5.41, 5.74) is 0. The van der Waals surface area contributed by atoms with Crippen molar-refractivity contribution < 1.29 is 4.79 Å². The van der Waals surface area contributed by atoms with Crippen molar-refractivity contribution in [2.45, 2.75) is 51.4 Å². The Balaban J connectivity index is 1.87. The molecule has 3 saturated carbocycles. The van der Waals surface area contributed by atoms with Crippen LogP contribution in [0.2, 0.25) is 0 Å². The van der Waals surface area contributed by atoms with Gasteiger partial charge in [-0.1, -0.05) is 19.3 Å². The molecular weight excluding hydrogens is 172 g/mol. The molecule has 78 valence electrons. The van der Waals surface area contributed by atoms with Crippen LogP contribution in [0, 0.1) is 23.7 Å². The number of carbonyl (C=O) groups excluding carboxylic acids is 1. The molecule has 14 heavy (non-hydrogen) atoms. The first-order chi connectivity index (χ1) is 6.86. The van der Waals surface area contributed by atoms with E-state index in [1.165, 1.54) is 44.9 Å². The van der Waals surface area contributed by atoms with E-state index in [1.54, 1.807) is 0 Å². The number of fused-ring (bicyclic) bond motifs is 3. The third-order valence-corrected chi connectivity index (χ3v) is 5.01. The molecule has 0 unspecified atom stereocenters. The average Bonchev–Trinajstić information content (AvgIpc) is 2.80. The molecule has 0 aromatic rings. The van der Waals surface area contributed by atoms with Crippen LogP contribution in [-0.4, -0.2) is 5.78 Å². The number of hydrogen-bond acceptors (Lipinski definition) is 1. The van der Waals surface area contributed by atoms with Crippen LogP contribution in [0.5, 0.6) is 0 Å². The van der Waals surface area contributed by atoms with E-state index in [1.807, 2.05) is 0 Å². The summed E-state index contributed by atoms with van der Waals surface area (Å²) in [4.78, 5) is 11.9. The summed E-state index contributed by atoms with van der Waals surface area (Å²) in [5.74, 6) is 3.77. The topological polar surface area (TPSA) is 17.1 Å². The van der Waals surface area contributed by atoms with Gasteiger partial charge in [-0.15, -0.1) is 0 Å². The van der Waals surface area contributed by atoms with Crippen LogP contribution in [0.15, 0.2) is 0 Å². The minimum absolute atomic E-state index is 0.489. The van der Waals surface area contributed by atoms with Gasteiger partial charge >= 0.3 is 0 Å². The van der Waals surface area contributed by atoms with Crippen molar-refractivity contribution in [2.75, 3.05) is 0 Å². The standard InChI is InChI=1S/C13H20O/c14-13-8-7-9-3-1-4-10(9)11-5-2-6-12(11)13/h9-12H,1-8H2/t9-,10-,11+,12-/m1/s1. The zero-order chi connectivity index (χ0) is 9.54. The summed E-state index contributed by atoms with van der Waals surface area (Å²) in [6.07, 6.45) is 10.3. The van der Waals surface area contributed by atoms with Crippen molar-refractivity contribution >= 4 is 5.78 Å². The van der Waals surface area contributed by atoms with E-state index in [2.05, 4.69) is 0 Å². The van der Waals surface area contributed by atoms with Crippen LogP contribution >= 0.6 is 0 Å². The lowest BCUT2D eigenvalue weighted by atomic mass is 9.79. The second-order valence-corrected chi connectivity index (χ2v) is 5.56. The highest BCUT2D eigenvalue weighted by molar-refractivity contribution is 5.81. The lowest BCUT2D eigenvalue weighted by Gasteiger charge is -2.25. The minimum Gasteiger partial charge on any atom is -0.299 e. The second-order valence-electron chi connectivity index (χ2n) is 5.56. The van der Waals surface area contributed by atoms with Crippen molar-refractivity contribution in [1.29, 1.82) is 0 Å². The van der Waals surface area contributed by atoms with E-state index in [-0.39, 0.29) is 0 Å². The molecule has 0 aromatic heterocycles. The zero-order valence-corrected chi connectivity index (χ0v) is 8.87. The Morgan fingerprint density at radius 3 is 2.57 bits per heavy atom. The molecule has 3 aliphatic rings. The molecule has 0 amide bonds. The van der Waals surface area contributed by atoms with Crippen molar-refractivity contribution in [3.63, 3.8) is 0 Å². The predicted molar refractivity (Wildman–Crippen MR) is 55.9 cm³/mol. The Morgan fingerprint density at radius 2 is 1.64 bits per heavy atom. The van der Waals surface area contributed by atoms with Gasteiger partial charge in [-0.05, 0) is 43.4 Å². The SMILES string of the molecule is O=C1CC[C@H]2CCC[C@H]2[C@@H]2CCC[C@@H]12. The van der Waals surface area contributed by atoms with Crippen molar-refractivity contribution in [1.82, 2.24) is 0 Å². The van der Waals surface area contributed by atoms with E-state index in [0.717, 1.165) is 24.2 Å². The Bertz CT molecular complexity index is 246. The van der Waals surface area contributed by atoms with Gasteiger partial charge in [-0.25, -0.2) is 0 Å². The van der Waals surface area contributed by atoms with Gasteiger partial charge in [0.2, 0.25) is 0 Å². The molecule has 0 spiro atoms. The number of carbonyl (C=O) groups is 1. The molecule has 1 heteroatoms. The maximum atomic E-state index is 11.9. The lowest BCUT2D eigenvalue weighted by Crippen LogP contribution is -2.22. The molecule has 0 aromatic carbocycles. The molecule has 0 heterocycles. The normalized spacial score (nSPS) is 47.3. The monoisotopic (exact) mass is 192 g/mol. The first-order valence-electron chi connectivity index (χ1n) is 6.39. The molecule has 3 rings (SSSR count). The summed E-state index contributed by atoms with van der Waals surface area (Å²) in [6, 6.07) is 0. The molecule has 4 atom stereocenters. The van der Waals surface area contributed by atoms with Crippen LogP contribution in [0.25, 0.3) is 0 Å². The van der Waals surface area contributed by atoms with Crippen LogP contribution in [0.3, 0.4) is 0 Å². The summed E-state index contributed by atoms with van der Waals surface area (Å²) in [7, 11) is 0. The van der Waals surface area contributed by atoms with Crippen LogP contribution < -0.4 is 0 Å². The van der Waals surface area contributed by atoms with E-state index < -0.39 is 0 Å². The second kappa shape index (κ2) is 3.36. The summed E-state index contributed by atoms with van der Waals surface area (Å²) >= 11 is 0. The number of rotatable bonds is 0. The Hall–Kier alpha value is -0.330. The highest BCUT2D eigenvalue weighted by Gasteiger charge is 2.44. The van der Waals surface area contributed by atoms with Gasteiger partial charge < -0.3 is 0 Å². The van der Waals surface area contributed by atoms with Gasteiger partial charge in [0, 0.05) is 12.3 Å². The fraction of sp³-hybridized carbons (Fsp3) is 0.923. The molecule has 1 nitrogen and oxygen atoms in total. The van der Waals surface area contributed by atoms with Crippen LogP contribution in [-0.2, 0) is 4.79 Å². The maximum Gasteiger partial charge on any atom is 0.136 e. The lowest BCUT2D eigenvalue weighted by molar-refractivity contribution is -0.123. The van der Waals surface area contributed by atoms with Crippen LogP contribution in [0.4, 0.5) is 0 Å². The maximum absolute atomic E-state index is 11.9. The molecule has 3 aliphatic carbocycles. The van der Waals surface area contributed by atoms with E-state index in [0.29, 0.717) is 11.7 Å². The fourth-order valence-electron chi connectivity index (χ4n) is 4.40. The largest absolute Gasteiger partial charge is 0.299 e. The highest BCUT2D eigenvalue weighted by Crippen LogP contribution is 2.50. The predicted octanol–water partition coefficient (Wildman–Crippen LogP) is 3.18. The summed E-state index contributed by atoms with van der Waals surface area (Å²) < 4.78 is 0. The van der Waals surface area contributed by atoms with Gasteiger partial charge in [0.1, 0.15) is 5.78 Å². The van der Waals surface area contributed by atoms with Crippen LogP contribution in [0.1, 0.15) is 51.4 Å². The quantitative estimate of drug-likeness (QED) is 0.576. The third kappa shape index (κ3) is 1.24. The first-order valence-corrected chi connectivity index (χ1v) is 6.39. The Labute approximate surface area is 86.3 Å². The third-order valence-electron chi connectivity index (χ3n) is 5.01. The molecule has 3 fully saturated rings. The van der Waals surface area contributed by atoms with Crippen molar-refractivity contribution in [3.05, 3.63) is 0 Å². The Kier molecular flexibility index (Phi) is 2.14. The van der Waals surface area contributed by atoms with Gasteiger partial charge in [-0.2, -0.15) is 0 Å². The zero-order valence-electron chi connectivity index (χ0n) is 8.87. The van der Waals surface area contributed by atoms with Gasteiger partial charge in [-0.3, -0.25) is 4.79 Å². The fourth-order valence-corrected chi connectivity index (χ4v) is 4.40. The highest BCUT2D eigenvalue weighted by atomic mass is 16.1. The van der Waals surface area contributed by atoms with E-state index >= 15 is 0 Å². The number of ketones is 1. The van der Waals surface area contributed by atoms with Crippen molar-refractivity contribution in [2.24, 2.45) is 23.7 Å². The molecule has 0 aliphatic heterocycles. The molecular formula is C13H20O. The summed E-state index contributed by atoms with van der Waals surface area (Å²) in [6.45, 7) is 0. The smallest absolute Gasteiger partial charge is 0.136 e. The average molecular weight is 192 g/mol. The molecule has 0 radical (unpaired) electrons. The Morgan fingerprint density at radius 1 is 0.857 bits per heavy atom. The van der Waals surface area contributed by atoms with Gasteiger partial charge in [0.05, 0.1) is 0 Å². The van der Waals surface area contributed by atoms with Gasteiger partial charge in [0.25, 0.3) is 0 Å². The minimum atomic E-state index is 0.489. The van der Waals surface area contributed by atoms with E-state index in [4.69, 9.17) is 0 Å². The van der Waals surface area contributed by atoms with Gasteiger partial charge in [0.15, 0.2) is 0 Å². The van der Waals surface area contributed by atoms with Crippen molar-refractivity contribution in [3.8, 4) is 0 Å². The number of Topliss-reactive ketones (excluding diaryl/α,β-unsaturated/α-hetero) is 1. The van der Waals surface area contributed by atoms with E-state index in [9.17, 15) is 4.79 Å². The molecule has 0 bridgehead atoms.